The van der Waals surface area contributed by atoms with Crippen LogP contribution in [0.4, 0.5) is 5.69 Å². The standard InChI is InChI=1S/C12H17NO/c1-4-12(2,3)11(14)13-10-8-6-5-7-9-10/h5-9H,4H2,1-3H3,(H,13,14). The summed E-state index contributed by atoms with van der Waals surface area (Å²) in [6, 6.07) is 9.54. The second-order valence-electron chi connectivity index (χ2n) is 4.06. The first-order chi connectivity index (χ1) is 6.56. The maximum Gasteiger partial charge on any atom is 0.230 e. The first-order valence-electron chi connectivity index (χ1n) is 4.93. The first kappa shape index (κ1) is 10.8. The Kier molecular flexibility index (Phi) is 3.28. The Hall–Kier alpha value is -1.31. The van der Waals surface area contributed by atoms with E-state index in [2.05, 4.69) is 5.32 Å². The molecule has 0 aliphatic carbocycles. The fraction of sp³-hybridized carbons (Fsp3) is 0.417. The molecule has 76 valence electrons. The number of hydrogen-bond acceptors (Lipinski definition) is 1. The van der Waals surface area contributed by atoms with Crippen LogP contribution in [-0.4, -0.2) is 5.91 Å². The number of benzene rings is 1. The zero-order chi connectivity index (χ0) is 10.6. The summed E-state index contributed by atoms with van der Waals surface area (Å²) in [4.78, 5) is 11.8. The van der Waals surface area contributed by atoms with E-state index < -0.39 is 0 Å². The SMILES string of the molecule is CCC(C)(C)C(=O)Nc1ccccc1. The topological polar surface area (TPSA) is 29.1 Å². The van der Waals surface area contributed by atoms with Gasteiger partial charge in [-0.3, -0.25) is 4.79 Å². The van der Waals surface area contributed by atoms with E-state index in [9.17, 15) is 4.79 Å². The molecule has 1 N–H and O–H groups in total. The molecule has 1 aromatic rings. The molecule has 2 nitrogen and oxygen atoms in total. The highest BCUT2D eigenvalue weighted by Gasteiger charge is 2.24. The zero-order valence-electron chi connectivity index (χ0n) is 9.00. The number of para-hydroxylation sites is 1. The van der Waals surface area contributed by atoms with Crippen LogP contribution in [0, 0.1) is 5.41 Å². The number of carbonyl (C=O) groups excluding carboxylic acids is 1. The lowest BCUT2D eigenvalue weighted by atomic mass is 9.89. The molecule has 0 radical (unpaired) electrons. The summed E-state index contributed by atoms with van der Waals surface area (Å²) in [5.41, 5.74) is 0.564. The summed E-state index contributed by atoms with van der Waals surface area (Å²) < 4.78 is 0. The van der Waals surface area contributed by atoms with Crippen LogP contribution in [0.5, 0.6) is 0 Å². The molecule has 0 fully saturated rings. The highest BCUT2D eigenvalue weighted by Crippen LogP contribution is 2.21. The normalized spacial score (nSPS) is 11.1. The lowest BCUT2D eigenvalue weighted by Crippen LogP contribution is -2.29. The van der Waals surface area contributed by atoms with Crippen molar-refractivity contribution in [2.75, 3.05) is 5.32 Å². The molecule has 0 aliphatic rings. The average molecular weight is 191 g/mol. The van der Waals surface area contributed by atoms with Gasteiger partial charge in [0, 0.05) is 11.1 Å². The highest BCUT2D eigenvalue weighted by molar-refractivity contribution is 5.94. The van der Waals surface area contributed by atoms with E-state index in [0.717, 1.165) is 12.1 Å². The molecule has 0 unspecified atom stereocenters. The van der Waals surface area contributed by atoms with Gasteiger partial charge in [-0.1, -0.05) is 39.0 Å². The summed E-state index contributed by atoms with van der Waals surface area (Å²) in [5, 5.41) is 2.89. The van der Waals surface area contributed by atoms with Crippen molar-refractivity contribution < 1.29 is 4.79 Å². The van der Waals surface area contributed by atoms with Crippen molar-refractivity contribution in [2.45, 2.75) is 27.2 Å². The molecular formula is C12H17NO. The Bertz CT molecular complexity index is 303. The van der Waals surface area contributed by atoms with Gasteiger partial charge in [0.05, 0.1) is 0 Å². The van der Waals surface area contributed by atoms with Gasteiger partial charge in [-0.05, 0) is 18.6 Å². The van der Waals surface area contributed by atoms with E-state index >= 15 is 0 Å². The first-order valence-corrected chi connectivity index (χ1v) is 4.93. The minimum Gasteiger partial charge on any atom is -0.326 e. The lowest BCUT2D eigenvalue weighted by Gasteiger charge is -2.21. The number of anilines is 1. The number of nitrogens with one attached hydrogen (secondary N) is 1. The van der Waals surface area contributed by atoms with Gasteiger partial charge in [0.15, 0.2) is 0 Å². The third-order valence-corrected chi connectivity index (χ3v) is 2.53. The van der Waals surface area contributed by atoms with Crippen molar-refractivity contribution in [3.8, 4) is 0 Å². The van der Waals surface area contributed by atoms with E-state index in [1.807, 2.05) is 51.1 Å². The molecule has 0 aromatic heterocycles. The Morgan fingerprint density at radius 3 is 2.36 bits per heavy atom. The third-order valence-electron chi connectivity index (χ3n) is 2.53. The third kappa shape index (κ3) is 2.59. The van der Waals surface area contributed by atoms with Gasteiger partial charge in [0.2, 0.25) is 5.91 Å². The Labute approximate surface area is 85.3 Å². The van der Waals surface area contributed by atoms with Crippen LogP contribution < -0.4 is 5.32 Å². The van der Waals surface area contributed by atoms with Crippen LogP contribution in [0.25, 0.3) is 0 Å². The predicted molar refractivity (Wildman–Crippen MR) is 59.1 cm³/mol. The fourth-order valence-electron chi connectivity index (χ4n) is 0.982. The molecule has 0 saturated heterocycles. The average Bonchev–Trinajstić information content (AvgIpc) is 2.19. The summed E-state index contributed by atoms with van der Waals surface area (Å²) in [6.07, 6.45) is 0.839. The molecule has 1 amide bonds. The molecule has 0 spiro atoms. The van der Waals surface area contributed by atoms with Gasteiger partial charge < -0.3 is 5.32 Å². The maximum atomic E-state index is 11.8. The number of rotatable bonds is 3. The Morgan fingerprint density at radius 1 is 1.29 bits per heavy atom. The Morgan fingerprint density at radius 2 is 1.86 bits per heavy atom. The summed E-state index contributed by atoms with van der Waals surface area (Å²) >= 11 is 0. The minimum atomic E-state index is -0.296. The minimum absolute atomic E-state index is 0.0752. The van der Waals surface area contributed by atoms with E-state index in [0.29, 0.717) is 0 Å². The number of hydrogen-bond donors (Lipinski definition) is 1. The number of amides is 1. The number of carbonyl (C=O) groups is 1. The summed E-state index contributed by atoms with van der Waals surface area (Å²) in [5.74, 6) is 0.0752. The molecule has 0 bridgehead atoms. The van der Waals surface area contributed by atoms with E-state index in [4.69, 9.17) is 0 Å². The summed E-state index contributed by atoms with van der Waals surface area (Å²) in [7, 11) is 0. The van der Waals surface area contributed by atoms with Gasteiger partial charge in [-0.2, -0.15) is 0 Å². The van der Waals surface area contributed by atoms with E-state index in [1.54, 1.807) is 0 Å². The zero-order valence-corrected chi connectivity index (χ0v) is 9.00. The smallest absolute Gasteiger partial charge is 0.230 e. The van der Waals surface area contributed by atoms with Crippen LogP contribution in [0.3, 0.4) is 0 Å². The maximum absolute atomic E-state index is 11.8. The Balaban J connectivity index is 2.67. The van der Waals surface area contributed by atoms with Gasteiger partial charge in [-0.15, -0.1) is 0 Å². The molecule has 1 rings (SSSR count). The van der Waals surface area contributed by atoms with Crippen molar-refractivity contribution in [3.05, 3.63) is 30.3 Å². The van der Waals surface area contributed by atoms with Crippen molar-refractivity contribution in [1.82, 2.24) is 0 Å². The second-order valence-corrected chi connectivity index (χ2v) is 4.06. The second kappa shape index (κ2) is 4.27. The van der Waals surface area contributed by atoms with Crippen molar-refractivity contribution >= 4 is 11.6 Å². The van der Waals surface area contributed by atoms with Gasteiger partial charge in [0.1, 0.15) is 0 Å². The fourth-order valence-corrected chi connectivity index (χ4v) is 0.982. The van der Waals surface area contributed by atoms with Gasteiger partial charge in [-0.25, -0.2) is 0 Å². The largest absolute Gasteiger partial charge is 0.326 e. The van der Waals surface area contributed by atoms with Gasteiger partial charge >= 0.3 is 0 Å². The molecule has 0 saturated carbocycles. The van der Waals surface area contributed by atoms with Crippen LogP contribution in [0.1, 0.15) is 27.2 Å². The molecule has 14 heavy (non-hydrogen) atoms. The predicted octanol–water partition coefficient (Wildman–Crippen LogP) is 3.06. The van der Waals surface area contributed by atoms with Crippen molar-refractivity contribution in [2.24, 2.45) is 5.41 Å². The highest BCUT2D eigenvalue weighted by atomic mass is 16.2. The van der Waals surface area contributed by atoms with Crippen LogP contribution in [-0.2, 0) is 4.79 Å². The monoisotopic (exact) mass is 191 g/mol. The van der Waals surface area contributed by atoms with Crippen molar-refractivity contribution in [3.63, 3.8) is 0 Å². The van der Waals surface area contributed by atoms with E-state index in [1.165, 1.54) is 0 Å². The summed E-state index contributed by atoms with van der Waals surface area (Å²) in [6.45, 7) is 5.92. The van der Waals surface area contributed by atoms with Crippen molar-refractivity contribution in [1.29, 1.82) is 0 Å². The lowest BCUT2D eigenvalue weighted by molar-refractivity contribution is -0.124. The van der Waals surface area contributed by atoms with Gasteiger partial charge in [0.25, 0.3) is 0 Å². The molecule has 2 heteroatoms. The molecule has 0 atom stereocenters. The van der Waals surface area contributed by atoms with E-state index in [-0.39, 0.29) is 11.3 Å². The molecule has 0 aliphatic heterocycles. The molecule has 1 aromatic carbocycles. The van der Waals surface area contributed by atoms with Crippen LogP contribution in [0.2, 0.25) is 0 Å². The van der Waals surface area contributed by atoms with Crippen LogP contribution >= 0.6 is 0 Å². The van der Waals surface area contributed by atoms with Crippen LogP contribution in [0.15, 0.2) is 30.3 Å². The molecule has 0 heterocycles. The molecular weight excluding hydrogens is 174 g/mol. The quantitative estimate of drug-likeness (QED) is 0.781.